The minimum atomic E-state index is 0.303. The van der Waals surface area contributed by atoms with Crippen LogP contribution in [0.3, 0.4) is 0 Å². The van der Waals surface area contributed by atoms with Gasteiger partial charge in [-0.05, 0) is 49.2 Å². The molecule has 0 amide bonds. The average Bonchev–Trinajstić information content (AvgIpc) is 3.32. The van der Waals surface area contributed by atoms with Crippen LogP contribution >= 0.6 is 0 Å². The Labute approximate surface area is 166 Å². The van der Waals surface area contributed by atoms with Gasteiger partial charge in [-0.1, -0.05) is 12.1 Å². The van der Waals surface area contributed by atoms with Crippen molar-refractivity contribution < 1.29 is 8.83 Å². The predicted molar refractivity (Wildman–Crippen MR) is 109 cm³/mol. The Kier molecular flexibility index (Phi) is 3.71. The maximum Gasteiger partial charge on any atom is 0.249 e. The predicted octanol–water partition coefficient (Wildman–Crippen LogP) is 5.49. The number of pyridine rings is 1. The zero-order chi connectivity index (χ0) is 20.1. The Balaban J connectivity index is 1.81. The number of nitriles is 1. The lowest BCUT2D eigenvalue weighted by molar-refractivity contribution is 0.532. The summed E-state index contributed by atoms with van der Waals surface area (Å²) < 4.78 is 11.8. The maximum atomic E-state index is 9.85. The van der Waals surface area contributed by atoms with Gasteiger partial charge in [-0.3, -0.25) is 4.98 Å². The van der Waals surface area contributed by atoms with E-state index in [0.717, 1.165) is 33.2 Å². The standard InChI is InChI=1S/C23H16N4O2/c1-12-9-20(25-11-13(12)2)18-6-4-5-15-16-7-8-17(23-27-26-14(3)28-23)19(10-24)22(16)29-21(15)18/h4-9,11H,1-3H3. The van der Waals surface area contributed by atoms with Crippen LogP contribution in [-0.4, -0.2) is 15.2 Å². The van der Waals surface area contributed by atoms with Crippen molar-refractivity contribution >= 4 is 21.9 Å². The average molecular weight is 380 g/mol. The molecule has 6 nitrogen and oxygen atoms in total. The molecule has 0 unspecified atom stereocenters. The summed E-state index contributed by atoms with van der Waals surface area (Å²) in [4.78, 5) is 4.58. The molecule has 0 radical (unpaired) electrons. The van der Waals surface area contributed by atoms with Crippen molar-refractivity contribution in [2.75, 3.05) is 0 Å². The van der Waals surface area contributed by atoms with Crippen molar-refractivity contribution in [1.29, 1.82) is 5.26 Å². The molecule has 0 aliphatic carbocycles. The van der Waals surface area contributed by atoms with Crippen LogP contribution in [0.1, 0.15) is 22.6 Å². The number of hydrogen-bond donors (Lipinski definition) is 0. The number of hydrogen-bond acceptors (Lipinski definition) is 6. The second-order valence-electron chi connectivity index (χ2n) is 7.04. The molecule has 0 saturated heterocycles. The van der Waals surface area contributed by atoms with Crippen LogP contribution in [0.25, 0.3) is 44.7 Å². The monoisotopic (exact) mass is 380 g/mol. The van der Waals surface area contributed by atoms with E-state index >= 15 is 0 Å². The molecule has 0 atom stereocenters. The first-order valence-corrected chi connectivity index (χ1v) is 9.19. The molecule has 5 rings (SSSR count). The molecular formula is C23H16N4O2. The van der Waals surface area contributed by atoms with Gasteiger partial charge < -0.3 is 8.83 Å². The molecule has 0 saturated carbocycles. The molecule has 6 heteroatoms. The molecule has 140 valence electrons. The van der Waals surface area contributed by atoms with E-state index in [1.54, 1.807) is 6.92 Å². The number of benzene rings is 2. The molecule has 5 aromatic rings. The summed E-state index contributed by atoms with van der Waals surface area (Å²) in [5.41, 5.74) is 6.17. The fraction of sp³-hybridized carbons (Fsp3) is 0.130. The van der Waals surface area contributed by atoms with Gasteiger partial charge in [-0.2, -0.15) is 5.26 Å². The van der Waals surface area contributed by atoms with Gasteiger partial charge in [-0.25, -0.2) is 0 Å². The molecule has 0 spiro atoms. The first kappa shape index (κ1) is 17.1. The van der Waals surface area contributed by atoms with Crippen molar-refractivity contribution in [3.8, 4) is 28.8 Å². The minimum absolute atomic E-state index is 0.303. The lowest BCUT2D eigenvalue weighted by Gasteiger charge is -2.05. The maximum absolute atomic E-state index is 9.85. The highest BCUT2D eigenvalue weighted by molar-refractivity contribution is 6.11. The van der Waals surface area contributed by atoms with Crippen molar-refractivity contribution in [3.05, 3.63) is 65.2 Å². The van der Waals surface area contributed by atoms with Crippen LogP contribution in [0.2, 0.25) is 0 Å². The molecule has 0 aliphatic rings. The van der Waals surface area contributed by atoms with E-state index < -0.39 is 0 Å². The van der Waals surface area contributed by atoms with Crippen molar-refractivity contribution in [1.82, 2.24) is 15.2 Å². The molecule has 3 heterocycles. The highest BCUT2D eigenvalue weighted by Gasteiger charge is 2.20. The summed E-state index contributed by atoms with van der Waals surface area (Å²) in [5.74, 6) is 0.745. The van der Waals surface area contributed by atoms with Gasteiger partial charge in [0.1, 0.15) is 17.2 Å². The smallest absolute Gasteiger partial charge is 0.249 e. The quantitative estimate of drug-likeness (QED) is 0.402. The summed E-state index contributed by atoms with van der Waals surface area (Å²) in [7, 11) is 0. The first-order valence-electron chi connectivity index (χ1n) is 9.19. The van der Waals surface area contributed by atoms with Crippen LogP contribution < -0.4 is 0 Å². The van der Waals surface area contributed by atoms with Crippen LogP contribution in [0, 0.1) is 32.1 Å². The Morgan fingerprint density at radius 1 is 0.862 bits per heavy atom. The number of para-hydroxylation sites is 1. The van der Waals surface area contributed by atoms with Crippen LogP contribution in [0.4, 0.5) is 0 Å². The summed E-state index contributed by atoms with van der Waals surface area (Å²) in [6.07, 6.45) is 1.86. The fourth-order valence-corrected chi connectivity index (χ4v) is 3.53. The van der Waals surface area contributed by atoms with Gasteiger partial charge in [0.15, 0.2) is 5.58 Å². The van der Waals surface area contributed by atoms with Gasteiger partial charge in [0, 0.05) is 29.5 Å². The molecule has 0 fully saturated rings. The van der Waals surface area contributed by atoms with E-state index in [2.05, 4.69) is 34.2 Å². The molecular weight excluding hydrogens is 364 g/mol. The molecule has 29 heavy (non-hydrogen) atoms. The van der Waals surface area contributed by atoms with Crippen molar-refractivity contribution in [2.24, 2.45) is 0 Å². The third-order valence-corrected chi connectivity index (χ3v) is 5.18. The number of aromatic nitrogens is 3. The lowest BCUT2D eigenvalue weighted by Crippen LogP contribution is -1.88. The van der Waals surface area contributed by atoms with Crippen LogP contribution in [0.5, 0.6) is 0 Å². The van der Waals surface area contributed by atoms with Gasteiger partial charge in [0.05, 0.1) is 11.3 Å². The molecule has 2 aromatic carbocycles. The van der Waals surface area contributed by atoms with Gasteiger partial charge in [0.25, 0.3) is 0 Å². The number of nitrogens with zero attached hydrogens (tertiary/aromatic N) is 4. The first-order chi connectivity index (χ1) is 14.1. The highest BCUT2D eigenvalue weighted by atomic mass is 16.4. The van der Waals surface area contributed by atoms with Crippen molar-refractivity contribution in [3.63, 3.8) is 0 Å². The normalized spacial score (nSPS) is 11.2. The highest BCUT2D eigenvalue weighted by Crippen LogP contribution is 2.39. The summed E-state index contributed by atoms with van der Waals surface area (Å²) in [6.45, 7) is 5.81. The lowest BCUT2D eigenvalue weighted by atomic mass is 10.0. The topological polar surface area (TPSA) is 88.7 Å². The fourth-order valence-electron chi connectivity index (χ4n) is 3.53. The van der Waals surface area contributed by atoms with E-state index in [1.165, 1.54) is 0 Å². The number of rotatable bonds is 2. The van der Waals surface area contributed by atoms with E-state index in [4.69, 9.17) is 8.83 Å². The number of furan rings is 1. The minimum Gasteiger partial charge on any atom is -0.454 e. The zero-order valence-corrected chi connectivity index (χ0v) is 16.1. The van der Waals surface area contributed by atoms with Gasteiger partial charge >= 0.3 is 0 Å². The Bertz CT molecular complexity index is 1450. The van der Waals surface area contributed by atoms with E-state index in [9.17, 15) is 5.26 Å². The molecule has 3 aromatic heterocycles. The van der Waals surface area contributed by atoms with Gasteiger partial charge in [-0.15, -0.1) is 10.2 Å². The summed E-state index contributed by atoms with van der Waals surface area (Å²) >= 11 is 0. The number of aryl methyl sites for hydroxylation is 3. The van der Waals surface area contributed by atoms with Crippen LogP contribution in [-0.2, 0) is 0 Å². The Hall–Kier alpha value is -3.98. The second kappa shape index (κ2) is 6.28. The second-order valence-corrected chi connectivity index (χ2v) is 7.04. The van der Waals surface area contributed by atoms with Crippen molar-refractivity contribution in [2.45, 2.75) is 20.8 Å². The zero-order valence-electron chi connectivity index (χ0n) is 16.1. The molecule has 0 N–H and O–H groups in total. The van der Waals surface area contributed by atoms with E-state index in [-0.39, 0.29) is 0 Å². The number of fused-ring (bicyclic) bond motifs is 3. The van der Waals surface area contributed by atoms with E-state index in [1.807, 2.05) is 43.5 Å². The summed E-state index contributed by atoms with van der Waals surface area (Å²) in [6, 6.07) is 14.0. The third kappa shape index (κ3) is 2.59. The SMILES string of the molecule is Cc1nnc(-c2ccc3c(oc4c(-c5cc(C)c(C)cn5)cccc43)c2C#N)o1. The molecule has 0 aliphatic heterocycles. The largest absolute Gasteiger partial charge is 0.454 e. The van der Waals surface area contributed by atoms with E-state index in [0.29, 0.717) is 34.1 Å². The third-order valence-electron chi connectivity index (χ3n) is 5.18. The summed E-state index contributed by atoms with van der Waals surface area (Å²) in [5, 5.41) is 19.6. The molecule has 0 bridgehead atoms. The van der Waals surface area contributed by atoms with Gasteiger partial charge in [0.2, 0.25) is 11.8 Å². The van der Waals surface area contributed by atoms with Crippen LogP contribution in [0.15, 0.2) is 51.4 Å². The Morgan fingerprint density at radius 3 is 2.41 bits per heavy atom. The Morgan fingerprint density at radius 2 is 1.69 bits per heavy atom.